The highest BCUT2D eigenvalue weighted by atomic mass is 19.3. The van der Waals surface area contributed by atoms with Crippen molar-refractivity contribution in [2.45, 2.75) is 25.5 Å². The van der Waals surface area contributed by atoms with Crippen LogP contribution in [0.15, 0.2) is 48.5 Å². The van der Waals surface area contributed by atoms with E-state index in [1.807, 2.05) is 24.3 Å². The van der Waals surface area contributed by atoms with Crippen LogP contribution < -0.4 is 4.74 Å². The van der Waals surface area contributed by atoms with Crippen LogP contribution in [0.3, 0.4) is 0 Å². The Kier molecular flexibility index (Phi) is 4.28. The number of hydrogen-bond acceptors (Lipinski definition) is 3. The molecule has 1 saturated heterocycles. The van der Waals surface area contributed by atoms with E-state index in [4.69, 9.17) is 0 Å². The molecule has 134 valence electrons. The number of ether oxygens (including phenoxy) is 1. The number of aromatic amines is 1. The molecule has 4 rings (SSSR count). The topological polar surface area (TPSA) is 58.2 Å². The third-order valence-electron chi connectivity index (χ3n) is 4.54. The van der Waals surface area contributed by atoms with Crippen molar-refractivity contribution in [3.63, 3.8) is 0 Å². The number of carbonyl (C=O) groups is 1. The quantitative estimate of drug-likeness (QED) is 0.763. The number of nitrogens with one attached hydrogen (secondary N) is 1. The maximum absolute atomic E-state index is 12.9. The lowest BCUT2D eigenvalue weighted by molar-refractivity contribution is -0.0499. The monoisotopic (exact) mass is 357 g/mol. The molecule has 0 bridgehead atoms. The number of para-hydroxylation sites is 2. The Hall–Kier alpha value is -2.96. The molecule has 1 atom stereocenters. The van der Waals surface area contributed by atoms with Gasteiger partial charge in [-0.3, -0.25) is 4.79 Å². The summed E-state index contributed by atoms with van der Waals surface area (Å²) in [5.41, 5.74) is 2.11. The van der Waals surface area contributed by atoms with Crippen molar-refractivity contribution >= 4 is 16.9 Å². The van der Waals surface area contributed by atoms with Crippen molar-refractivity contribution in [2.24, 2.45) is 0 Å². The first-order valence-corrected chi connectivity index (χ1v) is 8.42. The van der Waals surface area contributed by atoms with Crippen LogP contribution in [0.5, 0.6) is 5.75 Å². The number of rotatable bonds is 4. The van der Waals surface area contributed by atoms with Crippen LogP contribution in [0.2, 0.25) is 0 Å². The number of halogens is 2. The first kappa shape index (κ1) is 16.5. The van der Waals surface area contributed by atoms with Crippen LogP contribution in [0.25, 0.3) is 11.0 Å². The first-order chi connectivity index (χ1) is 12.6. The number of carbonyl (C=O) groups excluding carboxylic acids is 1. The van der Waals surface area contributed by atoms with Crippen molar-refractivity contribution < 1.29 is 18.3 Å². The molecule has 0 saturated carbocycles. The number of likely N-dealkylation sites (tertiary alicyclic amines) is 1. The minimum atomic E-state index is -2.92. The van der Waals surface area contributed by atoms with Crippen LogP contribution >= 0.6 is 0 Å². The van der Waals surface area contributed by atoms with Gasteiger partial charge in [0, 0.05) is 12.1 Å². The zero-order chi connectivity index (χ0) is 18.1. The van der Waals surface area contributed by atoms with E-state index in [0.29, 0.717) is 12.1 Å². The zero-order valence-corrected chi connectivity index (χ0v) is 13.9. The minimum absolute atomic E-state index is 0.0228. The summed E-state index contributed by atoms with van der Waals surface area (Å²) in [6.07, 6.45) is 1.67. The van der Waals surface area contributed by atoms with Gasteiger partial charge < -0.3 is 14.6 Å². The highest BCUT2D eigenvalue weighted by Gasteiger charge is 2.32. The van der Waals surface area contributed by atoms with Gasteiger partial charge >= 0.3 is 6.61 Å². The van der Waals surface area contributed by atoms with Crippen LogP contribution in [0.4, 0.5) is 8.78 Å². The van der Waals surface area contributed by atoms with Gasteiger partial charge in [0.1, 0.15) is 11.6 Å². The maximum Gasteiger partial charge on any atom is 0.387 e. The molecule has 1 aromatic heterocycles. The van der Waals surface area contributed by atoms with Crippen molar-refractivity contribution in [1.29, 1.82) is 0 Å². The lowest BCUT2D eigenvalue weighted by Gasteiger charge is -2.23. The maximum atomic E-state index is 12.9. The molecule has 3 aromatic rings. The third kappa shape index (κ3) is 3.12. The molecule has 0 radical (unpaired) electrons. The molecule has 1 N–H and O–H groups in total. The second-order valence-corrected chi connectivity index (χ2v) is 6.20. The predicted molar refractivity (Wildman–Crippen MR) is 92.2 cm³/mol. The second kappa shape index (κ2) is 6.74. The molecule has 0 unspecified atom stereocenters. The van der Waals surface area contributed by atoms with Gasteiger partial charge in [-0.25, -0.2) is 4.98 Å². The van der Waals surface area contributed by atoms with E-state index in [1.165, 1.54) is 18.2 Å². The molecule has 1 aliphatic rings. The lowest BCUT2D eigenvalue weighted by atomic mass is 10.1. The summed E-state index contributed by atoms with van der Waals surface area (Å²) in [5, 5.41) is 0. The predicted octanol–water partition coefficient (Wildman–Crippen LogP) is 4.14. The highest BCUT2D eigenvalue weighted by molar-refractivity contribution is 5.95. The Morgan fingerprint density at radius 1 is 1.23 bits per heavy atom. The molecule has 2 heterocycles. The average Bonchev–Trinajstić information content (AvgIpc) is 3.27. The van der Waals surface area contributed by atoms with Crippen LogP contribution in [-0.2, 0) is 0 Å². The van der Waals surface area contributed by atoms with Gasteiger partial charge in [0.05, 0.1) is 17.1 Å². The fraction of sp³-hybridized carbons (Fsp3) is 0.263. The Balaban J connectivity index is 1.60. The molecule has 0 spiro atoms. The van der Waals surface area contributed by atoms with Crippen LogP contribution in [0, 0.1) is 0 Å². The standard InChI is InChI=1S/C19H17F2N3O2/c20-19(21)26-13-6-3-5-12(11-13)18(25)24-10-4-9-16(24)17-22-14-7-1-2-8-15(14)23-17/h1-3,5-8,11,16,19H,4,9-10H2,(H,22,23)/t16-/m0/s1. The average molecular weight is 357 g/mol. The summed E-state index contributed by atoms with van der Waals surface area (Å²) < 4.78 is 29.2. The van der Waals surface area contributed by atoms with E-state index in [2.05, 4.69) is 14.7 Å². The van der Waals surface area contributed by atoms with Crippen LogP contribution in [0.1, 0.15) is 35.1 Å². The van der Waals surface area contributed by atoms with Gasteiger partial charge in [0.25, 0.3) is 5.91 Å². The fourth-order valence-electron chi connectivity index (χ4n) is 3.40. The number of nitrogens with zero attached hydrogens (tertiary/aromatic N) is 2. The van der Waals surface area contributed by atoms with Gasteiger partial charge in [-0.1, -0.05) is 18.2 Å². The molecule has 26 heavy (non-hydrogen) atoms. The van der Waals surface area contributed by atoms with Crippen molar-refractivity contribution in [3.8, 4) is 5.75 Å². The van der Waals surface area contributed by atoms with E-state index < -0.39 is 6.61 Å². The second-order valence-electron chi connectivity index (χ2n) is 6.20. The Labute approximate surface area is 148 Å². The normalized spacial score (nSPS) is 17.2. The van der Waals surface area contributed by atoms with Gasteiger partial charge in [-0.2, -0.15) is 8.78 Å². The van der Waals surface area contributed by atoms with E-state index in [0.717, 1.165) is 29.7 Å². The molecule has 5 nitrogen and oxygen atoms in total. The molecule has 7 heteroatoms. The number of aromatic nitrogens is 2. The number of amides is 1. The minimum Gasteiger partial charge on any atom is -0.435 e. The Morgan fingerprint density at radius 2 is 2.08 bits per heavy atom. The number of benzene rings is 2. The molecule has 0 aliphatic carbocycles. The molecular formula is C19H17F2N3O2. The van der Waals surface area contributed by atoms with E-state index in [-0.39, 0.29) is 17.7 Å². The first-order valence-electron chi connectivity index (χ1n) is 8.42. The number of imidazole rings is 1. The summed E-state index contributed by atoms with van der Waals surface area (Å²) in [6.45, 7) is -2.32. The fourth-order valence-corrected chi connectivity index (χ4v) is 3.40. The SMILES string of the molecule is O=C(c1cccc(OC(F)F)c1)N1CCC[C@H]1c1nc2ccccc2[nH]1. The van der Waals surface area contributed by atoms with Crippen molar-refractivity contribution in [2.75, 3.05) is 6.54 Å². The van der Waals surface area contributed by atoms with E-state index >= 15 is 0 Å². The van der Waals surface area contributed by atoms with Gasteiger partial charge in [-0.15, -0.1) is 0 Å². The smallest absolute Gasteiger partial charge is 0.387 e. The van der Waals surface area contributed by atoms with E-state index in [9.17, 15) is 13.6 Å². The zero-order valence-electron chi connectivity index (χ0n) is 13.9. The molecule has 2 aromatic carbocycles. The summed E-state index contributed by atoms with van der Waals surface area (Å²) in [6, 6.07) is 13.4. The largest absolute Gasteiger partial charge is 0.435 e. The Morgan fingerprint density at radius 3 is 2.88 bits per heavy atom. The summed E-state index contributed by atoms with van der Waals surface area (Å²) in [7, 11) is 0. The highest BCUT2D eigenvalue weighted by Crippen LogP contribution is 2.33. The van der Waals surface area contributed by atoms with Gasteiger partial charge in [0.2, 0.25) is 0 Å². The molecule has 1 amide bonds. The van der Waals surface area contributed by atoms with Crippen LogP contribution in [-0.4, -0.2) is 33.9 Å². The molecular weight excluding hydrogens is 340 g/mol. The van der Waals surface area contributed by atoms with Gasteiger partial charge in [0.15, 0.2) is 0 Å². The molecule has 1 aliphatic heterocycles. The summed E-state index contributed by atoms with van der Waals surface area (Å²) in [5.74, 6) is 0.509. The van der Waals surface area contributed by atoms with Crippen molar-refractivity contribution in [3.05, 3.63) is 59.9 Å². The third-order valence-corrected chi connectivity index (χ3v) is 4.54. The summed E-state index contributed by atoms with van der Waals surface area (Å²) >= 11 is 0. The number of fused-ring (bicyclic) bond motifs is 1. The molecule has 1 fully saturated rings. The van der Waals surface area contributed by atoms with Crippen molar-refractivity contribution in [1.82, 2.24) is 14.9 Å². The number of hydrogen-bond donors (Lipinski definition) is 1. The van der Waals surface area contributed by atoms with E-state index in [1.54, 1.807) is 11.0 Å². The number of H-pyrrole nitrogens is 1. The number of alkyl halides is 2. The summed E-state index contributed by atoms with van der Waals surface area (Å²) in [4.78, 5) is 22.5. The van der Waals surface area contributed by atoms with Gasteiger partial charge in [-0.05, 0) is 43.2 Å². The Bertz CT molecular complexity index is 908. The lowest BCUT2D eigenvalue weighted by Crippen LogP contribution is -2.31.